The lowest BCUT2D eigenvalue weighted by atomic mass is 10.1. The lowest BCUT2D eigenvalue weighted by Gasteiger charge is -2.30. The Bertz CT molecular complexity index is 772. The van der Waals surface area contributed by atoms with Crippen LogP contribution in [-0.4, -0.2) is 29.3 Å². The van der Waals surface area contributed by atoms with Gasteiger partial charge in [0, 0.05) is 19.5 Å². The van der Waals surface area contributed by atoms with E-state index in [0.717, 1.165) is 11.1 Å². The van der Waals surface area contributed by atoms with Crippen LogP contribution >= 0.6 is 0 Å². The molecule has 150 valence electrons. The van der Waals surface area contributed by atoms with E-state index in [2.05, 4.69) is 5.32 Å². The summed E-state index contributed by atoms with van der Waals surface area (Å²) in [6.07, 6.45) is 1.45. The molecular formula is C23H29FN2O2. The molecule has 2 aromatic rings. The van der Waals surface area contributed by atoms with Crippen molar-refractivity contribution in [2.45, 2.75) is 52.6 Å². The molecule has 0 saturated carbocycles. The molecule has 0 aromatic heterocycles. The maximum atomic E-state index is 13.2. The van der Waals surface area contributed by atoms with Crippen LogP contribution in [0.1, 0.15) is 43.4 Å². The second-order valence-electron chi connectivity index (χ2n) is 6.95. The molecule has 0 bridgehead atoms. The van der Waals surface area contributed by atoms with Gasteiger partial charge in [0.05, 0.1) is 0 Å². The molecule has 1 N–H and O–H groups in total. The van der Waals surface area contributed by atoms with Crippen molar-refractivity contribution in [1.82, 2.24) is 10.2 Å². The highest BCUT2D eigenvalue weighted by Crippen LogP contribution is 2.16. The number of hydrogen-bond acceptors (Lipinski definition) is 2. The van der Waals surface area contributed by atoms with Crippen LogP contribution in [0.15, 0.2) is 48.5 Å². The average molecular weight is 384 g/mol. The van der Waals surface area contributed by atoms with Crippen molar-refractivity contribution >= 4 is 11.8 Å². The number of halogens is 1. The first-order valence-electron chi connectivity index (χ1n) is 9.81. The molecule has 0 aliphatic rings. The first-order valence-corrected chi connectivity index (χ1v) is 9.81. The smallest absolute Gasteiger partial charge is 0.242 e. The maximum Gasteiger partial charge on any atom is 0.242 e. The van der Waals surface area contributed by atoms with E-state index in [0.29, 0.717) is 25.8 Å². The summed E-state index contributed by atoms with van der Waals surface area (Å²) in [5.41, 5.74) is 3.06. The van der Waals surface area contributed by atoms with E-state index < -0.39 is 6.04 Å². The minimum absolute atomic E-state index is 0.0806. The van der Waals surface area contributed by atoms with Crippen molar-refractivity contribution in [3.05, 3.63) is 71.0 Å². The molecule has 0 spiro atoms. The van der Waals surface area contributed by atoms with E-state index in [1.54, 1.807) is 17.0 Å². The maximum absolute atomic E-state index is 13.2. The quantitative estimate of drug-likeness (QED) is 0.710. The van der Waals surface area contributed by atoms with E-state index in [-0.39, 0.29) is 24.2 Å². The molecule has 0 fully saturated rings. The normalized spacial score (nSPS) is 11.7. The van der Waals surface area contributed by atoms with E-state index in [1.165, 1.54) is 17.7 Å². The van der Waals surface area contributed by atoms with Gasteiger partial charge in [-0.25, -0.2) is 4.39 Å². The molecule has 5 heteroatoms. The zero-order chi connectivity index (χ0) is 20.5. The third-order valence-corrected chi connectivity index (χ3v) is 4.75. The van der Waals surface area contributed by atoms with Crippen LogP contribution in [0.3, 0.4) is 0 Å². The van der Waals surface area contributed by atoms with Crippen LogP contribution in [0.2, 0.25) is 0 Å². The van der Waals surface area contributed by atoms with Crippen LogP contribution in [0, 0.1) is 12.7 Å². The fourth-order valence-electron chi connectivity index (χ4n) is 3.15. The molecule has 0 aliphatic heterocycles. The van der Waals surface area contributed by atoms with Gasteiger partial charge in [-0.2, -0.15) is 0 Å². The lowest BCUT2D eigenvalue weighted by Crippen LogP contribution is -2.49. The molecule has 0 unspecified atom stereocenters. The number of benzene rings is 2. The summed E-state index contributed by atoms with van der Waals surface area (Å²) in [6.45, 7) is 6.57. The first-order chi connectivity index (χ1) is 13.4. The summed E-state index contributed by atoms with van der Waals surface area (Å²) in [4.78, 5) is 27.2. The predicted molar refractivity (Wildman–Crippen MR) is 109 cm³/mol. The third kappa shape index (κ3) is 6.19. The summed E-state index contributed by atoms with van der Waals surface area (Å²) < 4.78 is 13.2. The number of amides is 2. The first kappa shape index (κ1) is 21.6. The molecule has 4 nitrogen and oxygen atoms in total. The number of carbonyl (C=O) groups is 2. The molecule has 2 aromatic carbocycles. The number of likely N-dealkylation sites (N-methyl/N-ethyl adjacent to an activating group) is 1. The Morgan fingerprint density at radius 2 is 1.61 bits per heavy atom. The van der Waals surface area contributed by atoms with Gasteiger partial charge in [0.1, 0.15) is 11.9 Å². The molecule has 0 radical (unpaired) electrons. The van der Waals surface area contributed by atoms with E-state index >= 15 is 0 Å². The zero-order valence-corrected chi connectivity index (χ0v) is 16.9. The van der Waals surface area contributed by atoms with Crippen LogP contribution in [-0.2, 0) is 22.6 Å². The van der Waals surface area contributed by atoms with Gasteiger partial charge in [-0.3, -0.25) is 9.59 Å². The van der Waals surface area contributed by atoms with Gasteiger partial charge in [0.2, 0.25) is 11.8 Å². The van der Waals surface area contributed by atoms with E-state index in [4.69, 9.17) is 0 Å². The number of nitrogens with zero attached hydrogens (tertiary/aromatic N) is 1. The van der Waals surface area contributed by atoms with Gasteiger partial charge in [-0.05, 0) is 49.9 Å². The predicted octanol–water partition coefficient (Wildman–Crippen LogP) is 4.01. The summed E-state index contributed by atoms with van der Waals surface area (Å²) in [5.74, 6) is -0.560. The van der Waals surface area contributed by atoms with Gasteiger partial charge in [-0.1, -0.05) is 48.9 Å². The number of hydrogen-bond donors (Lipinski definition) is 1. The Hall–Kier alpha value is -2.69. The minimum Gasteiger partial charge on any atom is -0.355 e. The monoisotopic (exact) mass is 384 g/mol. The molecule has 0 aliphatic carbocycles. The van der Waals surface area contributed by atoms with E-state index in [9.17, 15) is 14.0 Å². The van der Waals surface area contributed by atoms with Gasteiger partial charge in [-0.15, -0.1) is 0 Å². The van der Waals surface area contributed by atoms with Crippen molar-refractivity contribution in [2.24, 2.45) is 0 Å². The second kappa shape index (κ2) is 10.6. The molecule has 2 amide bonds. The number of nitrogens with one attached hydrogen (secondary N) is 1. The van der Waals surface area contributed by atoms with Gasteiger partial charge < -0.3 is 10.2 Å². The summed E-state index contributed by atoms with van der Waals surface area (Å²) in [6, 6.07) is 13.6. The molecular weight excluding hydrogens is 355 g/mol. The van der Waals surface area contributed by atoms with Gasteiger partial charge in [0.25, 0.3) is 0 Å². The third-order valence-electron chi connectivity index (χ3n) is 4.75. The standard InChI is InChI=1S/C23H29FN2O2/c1-4-21(23(28)25-5-2)26(16-19-10-13-20(24)14-11-19)22(27)15-12-18-8-6-17(3)7-9-18/h6-11,13-14,21H,4-5,12,15-16H2,1-3H3,(H,25,28)/t21-/m0/s1. The summed E-state index contributed by atoms with van der Waals surface area (Å²) >= 11 is 0. The zero-order valence-electron chi connectivity index (χ0n) is 16.9. The van der Waals surface area contributed by atoms with Crippen LogP contribution in [0.5, 0.6) is 0 Å². The molecule has 0 heterocycles. The topological polar surface area (TPSA) is 49.4 Å². The second-order valence-corrected chi connectivity index (χ2v) is 6.95. The van der Waals surface area contributed by atoms with Crippen LogP contribution in [0.25, 0.3) is 0 Å². The fraction of sp³-hybridized carbons (Fsp3) is 0.391. The van der Waals surface area contributed by atoms with E-state index in [1.807, 2.05) is 45.0 Å². The average Bonchev–Trinajstić information content (AvgIpc) is 2.69. The summed E-state index contributed by atoms with van der Waals surface area (Å²) in [5, 5.41) is 2.81. The Labute approximate surface area is 166 Å². The minimum atomic E-state index is -0.546. The van der Waals surface area contributed by atoms with Crippen LogP contribution < -0.4 is 5.32 Å². The summed E-state index contributed by atoms with van der Waals surface area (Å²) in [7, 11) is 0. The fourth-order valence-corrected chi connectivity index (χ4v) is 3.15. The van der Waals surface area contributed by atoms with Crippen molar-refractivity contribution < 1.29 is 14.0 Å². The Morgan fingerprint density at radius 1 is 1.00 bits per heavy atom. The number of carbonyl (C=O) groups excluding carboxylic acids is 2. The molecule has 28 heavy (non-hydrogen) atoms. The molecule has 0 saturated heterocycles. The molecule has 1 atom stereocenters. The largest absolute Gasteiger partial charge is 0.355 e. The van der Waals surface area contributed by atoms with Gasteiger partial charge in [0.15, 0.2) is 0 Å². The van der Waals surface area contributed by atoms with Crippen molar-refractivity contribution in [2.75, 3.05) is 6.54 Å². The van der Waals surface area contributed by atoms with Crippen molar-refractivity contribution in [3.8, 4) is 0 Å². The Kier molecular flexibility index (Phi) is 8.18. The lowest BCUT2D eigenvalue weighted by molar-refractivity contribution is -0.141. The number of aryl methyl sites for hydroxylation is 2. The SMILES string of the molecule is CCNC(=O)[C@H](CC)N(Cc1ccc(F)cc1)C(=O)CCc1ccc(C)cc1. The van der Waals surface area contributed by atoms with Gasteiger partial charge >= 0.3 is 0 Å². The molecule has 2 rings (SSSR count). The van der Waals surface area contributed by atoms with Crippen molar-refractivity contribution in [3.63, 3.8) is 0 Å². The number of rotatable bonds is 9. The van der Waals surface area contributed by atoms with Crippen LogP contribution in [0.4, 0.5) is 4.39 Å². The highest BCUT2D eigenvalue weighted by atomic mass is 19.1. The Balaban J connectivity index is 2.16. The Morgan fingerprint density at radius 3 is 2.18 bits per heavy atom. The highest BCUT2D eigenvalue weighted by molar-refractivity contribution is 5.87. The highest BCUT2D eigenvalue weighted by Gasteiger charge is 2.28. The van der Waals surface area contributed by atoms with Crippen molar-refractivity contribution in [1.29, 1.82) is 0 Å².